The maximum atomic E-state index is 13.1. The van der Waals surface area contributed by atoms with Gasteiger partial charge in [0, 0.05) is 52.4 Å². The van der Waals surface area contributed by atoms with Gasteiger partial charge in [-0.15, -0.1) is 0 Å². The molecule has 4 rings (SSSR count). The van der Waals surface area contributed by atoms with Gasteiger partial charge in [-0.05, 0) is 42.5 Å². The Labute approximate surface area is 203 Å². The van der Waals surface area contributed by atoms with Crippen LogP contribution in [0.2, 0.25) is 0 Å². The highest BCUT2D eigenvalue weighted by Crippen LogP contribution is 2.33. The average Bonchev–Trinajstić information content (AvgIpc) is 2.87. The highest BCUT2D eigenvalue weighted by Gasteiger charge is 2.35. The second kappa shape index (κ2) is 10.8. The van der Waals surface area contributed by atoms with E-state index in [2.05, 4.69) is 4.90 Å². The molecule has 1 aromatic rings. The van der Waals surface area contributed by atoms with E-state index in [1.807, 2.05) is 17.0 Å². The molecule has 0 atom stereocenters. The summed E-state index contributed by atoms with van der Waals surface area (Å²) in [6.07, 6.45) is 6.06. The summed E-state index contributed by atoms with van der Waals surface area (Å²) in [5.41, 5.74) is 2.27. The molecule has 0 aromatic heterocycles. The fourth-order valence-electron chi connectivity index (χ4n) is 5.32. The number of fused-ring (bicyclic) bond motifs is 1. The number of rotatable bonds is 7. The Morgan fingerprint density at radius 1 is 0.971 bits per heavy atom. The minimum atomic E-state index is -3.46. The van der Waals surface area contributed by atoms with E-state index in [9.17, 15) is 13.2 Å². The SMILES string of the molecule is COc1cc2c(cc1OC)CN(C(=O)CN1CCN(S(=O)(=O)N(C)C3CCCCC3)CC1)CC2. The number of amides is 1. The molecule has 190 valence electrons. The molecule has 0 unspecified atom stereocenters. The van der Waals surface area contributed by atoms with E-state index in [1.54, 1.807) is 29.9 Å². The Hall–Kier alpha value is -1.88. The van der Waals surface area contributed by atoms with Crippen molar-refractivity contribution in [2.75, 3.05) is 60.5 Å². The Bertz CT molecular complexity index is 972. The summed E-state index contributed by atoms with van der Waals surface area (Å²) in [6, 6.07) is 4.07. The van der Waals surface area contributed by atoms with Crippen LogP contribution >= 0.6 is 0 Å². The van der Waals surface area contributed by atoms with Gasteiger partial charge in [-0.3, -0.25) is 9.69 Å². The summed E-state index contributed by atoms with van der Waals surface area (Å²) in [5.74, 6) is 1.46. The van der Waals surface area contributed by atoms with Crippen molar-refractivity contribution in [3.05, 3.63) is 23.3 Å². The van der Waals surface area contributed by atoms with Crippen molar-refractivity contribution in [1.29, 1.82) is 0 Å². The van der Waals surface area contributed by atoms with Gasteiger partial charge in [0.1, 0.15) is 0 Å². The lowest BCUT2D eigenvalue weighted by atomic mass is 9.96. The van der Waals surface area contributed by atoms with Gasteiger partial charge in [0.05, 0.1) is 20.8 Å². The molecule has 3 aliphatic rings. The lowest BCUT2D eigenvalue weighted by Crippen LogP contribution is -2.55. The maximum absolute atomic E-state index is 13.1. The van der Waals surface area contributed by atoms with Crippen LogP contribution in [0.15, 0.2) is 12.1 Å². The predicted octanol–water partition coefficient (Wildman–Crippen LogP) is 1.72. The van der Waals surface area contributed by atoms with Crippen molar-refractivity contribution in [1.82, 2.24) is 18.4 Å². The van der Waals surface area contributed by atoms with Crippen molar-refractivity contribution in [3.63, 3.8) is 0 Å². The molecule has 2 fully saturated rings. The normalized spacial score (nSPS) is 20.9. The molecular weight excluding hydrogens is 456 g/mol. The number of piperazine rings is 1. The number of nitrogens with zero attached hydrogens (tertiary/aromatic N) is 4. The van der Waals surface area contributed by atoms with Gasteiger partial charge in [0.25, 0.3) is 10.2 Å². The molecule has 1 aliphatic carbocycles. The van der Waals surface area contributed by atoms with E-state index >= 15 is 0 Å². The molecule has 0 spiro atoms. The summed E-state index contributed by atoms with van der Waals surface area (Å²) in [6.45, 7) is 3.52. The summed E-state index contributed by atoms with van der Waals surface area (Å²) >= 11 is 0. The fraction of sp³-hybridized carbons (Fsp3) is 0.708. The van der Waals surface area contributed by atoms with E-state index in [-0.39, 0.29) is 11.9 Å². The molecule has 9 nitrogen and oxygen atoms in total. The Balaban J connectivity index is 1.30. The van der Waals surface area contributed by atoms with Crippen molar-refractivity contribution < 1.29 is 22.7 Å². The van der Waals surface area contributed by atoms with E-state index in [4.69, 9.17) is 9.47 Å². The van der Waals surface area contributed by atoms with E-state index in [0.717, 1.165) is 37.7 Å². The first kappa shape index (κ1) is 25.2. The zero-order chi connectivity index (χ0) is 24.3. The quantitative estimate of drug-likeness (QED) is 0.574. The van der Waals surface area contributed by atoms with Gasteiger partial charge in [0.15, 0.2) is 11.5 Å². The van der Waals surface area contributed by atoms with Crippen LogP contribution < -0.4 is 9.47 Å². The first-order chi connectivity index (χ1) is 16.3. The third-order valence-electron chi connectivity index (χ3n) is 7.54. The summed E-state index contributed by atoms with van der Waals surface area (Å²) in [4.78, 5) is 17.0. The van der Waals surface area contributed by atoms with Crippen LogP contribution in [0, 0.1) is 0 Å². The zero-order valence-corrected chi connectivity index (χ0v) is 21.5. The Kier molecular flexibility index (Phi) is 8.01. The van der Waals surface area contributed by atoms with Gasteiger partial charge in [-0.2, -0.15) is 17.0 Å². The van der Waals surface area contributed by atoms with Crippen LogP contribution in [0.5, 0.6) is 11.5 Å². The third kappa shape index (κ3) is 5.35. The van der Waals surface area contributed by atoms with Crippen molar-refractivity contribution in [2.24, 2.45) is 0 Å². The van der Waals surface area contributed by atoms with Crippen LogP contribution in [0.4, 0.5) is 0 Å². The summed E-state index contributed by atoms with van der Waals surface area (Å²) < 4.78 is 40.2. The number of carbonyl (C=O) groups excluding carboxylic acids is 1. The van der Waals surface area contributed by atoms with Gasteiger partial charge < -0.3 is 14.4 Å². The Morgan fingerprint density at radius 3 is 2.21 bits per heavy atom. The highest BCUT2D eigenvalue weighted by atomic mass is 32.2. The average molecular weight is 495 g/mol. The molecule has 1 amide bonds. The standard InChI is InChI=1S/C24H38N4O5S/c1-25(21-7-5-4-6-8-21)34(30,31)28-13-11-26(12-14-28)18-24(29)27-10-9-19-15-22(32-2)23(33-3)16-20(19)17-27/h15-16,21H,4-14,17-18H2,1-3H3. The molecule has 0 N–H and O–H groups in total. The number of hydrogen-bond donors (Lipinski definition) is 0. The predicted molar refractivity (Wildman–Crippen MR) is 130 cm³/mol. The molecule has 0 radical (unpaired) electrons. The van der Waals surface area contributed by atoms with E-state index in [1.165, 1.54) is 12.0 Å². The van der Waals surface area contributed by atoms with Crippen LogP contribution in [-0.2, 0) is 28.0 Å². The molecule has 2 heterocycles. The zero-order valence-electron chi connectivity index (χ0n) is 20.7. The monoisotopic (exact) mass is 494 g/mol. The largest absolute Gasteiger partial charge is 0.493 e. The molecule has 2 aliphatic heterocycles. The molecule has 0 bridgehead atoms. The van der Waals surface area contributed by atoms with Gasteiger partial charge in [-0.25, -0.2) is 0 Å². The minimum absolute atomic E-state index is 0.0797. The first-order valence-corrected chi connectivity index (χ1v) is 13.7. The summed E-state index contributed by atoms with van der Waals surface area (Å²) in [5, 5.41) is 0. The molecule has 10 heteroatoms. The number of ether oxygens (including phenoxy) is 2. The highest BCUT2D eigenvalue weighted by molar-refractivity contribution is 7.86. The Morgan fingerprint density at radius 2 is 1.59 bits per heavy atom. The third-order valence-corrected chi connectivity index (χ3v) is 9.58. The van der Waals surface area contributed by atoms with Gasteiger partial charge in [-0.1, -0.05) is 19.3 Å². The molecule has 1 saturated carbocycles. The van der Waals surface area contributed by atoms with E-state index < -0.39 is 10.2 Å². The van der Waals surface area contributed by atoms with Crippen LogP contribution in [-0.4, -0.2) is 99.3 Å². The summed E-state index contributed by atoms with van der Waals surface area (Å²) in [7, 11) is 1.51. The number of carbonyl (C=O) groups is 1. The topological polar surface area (TPSA) is 82.6 Å². The number of benzene rings is 1. The van der Waals surface area contributed by atoms with Crippen LogP contribution in [0.25, 0.3) is 0 Å². The second-order valence-electron chi connectivity index (χ2n) is 9.53. The van der Waals surface area contributed by atoms with Gasteiger partial charge in [0.2, 0.25) is 5.91 Å². The lowest BCUT2D eigenvalue weighted by Gasteiger charge is -2.39. The molecule has 1 saturated heterocycles. The smallest absolute Gasteiger partial charge is 0.282 e. The number of hydrogen-bond acceptors (Lipinski definition) is 6. The van der Waals surface area contributed by atoms with E-state index in [0.29, 0.717) is 57.3 Å². The van der Waals surface area contributed by atoms with Crippen molar-refractivity contribution in [3.8, 4) is 11.5 Å². The van der Waals surface area contributed by atoms with Crippen LogP contribution in [0.3, 0.4) is 0 Å². The van der Waals surface area contributed by atoms with Crippen molar-refractivity contribution in [2.45, 2.75) is 51.1 Å². The first-order valence-electron chi connectivity index (χ1n) is 12.3. The molecule has 1 aromatic carbocycles. The fourth-order valence-corrected chi connectivity index (χ4v) is 6.90. The molecular formula is C24H38N4O5S. The van der Waals surface area contributed by atoms with Gasteiger partial charge >= 0.3 is 0 Å². The maximum Gasteiger partial charge on any atom is 0.282 e. The number of methoxy groups -OCH3 is 2. The molecule has 34 heavy (non-hydrogen) atoms. The second-order valence-corrected chi connectivity index (χ2v) is 11.5. The van der Waals surface area contributed by atoms with Crippen LogP contribution in [0.1, 0.15) is 43.2 Å². The minimum Gasteiger partial charge on any atom is -0.493 e. The van der Waals surface area contributed by atoms with Crippen molar-refractivity contribution >= 4 is 16.1 Å². The lowest BCUT2D eigenvalue weighted by molar-refractivity contribution is -0.133.